The normalized spacial score (nSPS) is 27.9. The fourth-order valence-corrected chi connectivity index (χ4v) is 2.09. The molecule has 0 aromatic heterocycles. The molecule has 15 heavy (non-hydrogen) atoms. The SMILES string of the molecule is CC#CCCN1CCCNC(C)(CC)C1. The van der Waals surface area contributed by atoms with E-state index >= 15 is 0 Å². The van der Waals surface area contributed by atoms with Crippen LogP contribution in [-0.4, -0.2) is 36.6 Å². The van der Waals surface area contributed by atoms with Gasteiger partial charge in [0.05, 0.1) is 0 Å². The molecule has 0 radical (unpaired) electrons. The molecule has 1 aliphatic heterocycles. The zero-order valence-corrected chi connectivity index (χ0v) is 10.4. The molecule has 1 aliphatic rings. The van der Waals surface area contributed by atoms with Crippen LogP contribution in [0, 0.1) is 11.8 Å². The first-order valence-corrected chi connectivity index (χ1v) is 6.07. The molecular weight excluding hydrogens is 184 g/mol. The summed E-state index contributed by atoms with van der Waals surface area (Å²) >= 11 is 0. The number of hydrogen-bond donors (Lipinski definition) is 1. The van der Waals surface area contributed by atoms with Gasteiger partial charge in [-0.25, -0.2) is 0 Å². The van der Waals surface area contributed by atoms with Crippen molar-refractivity contribution in [2.24, 2.45) is 0 Å². The molecule has 1 heterocycles. The van der Waals surface area contributed by atoms with Gasteiger partial charge in [-0.05, 0) is 39.8 Å². The molecule has 0 bridgehead atoms. The molecule has 0 aromatic rings. The largest absolute Gasteiger partial charge is 0.310 e. The highest BCUT2D eigenvalue weighted by molar-refractivity contribution is 4.96. The minimum absolute atomic E-state index is 0.302. The van der Waals surface area contributed by atoms with Crippen molar-refractivity contribution in [3.05, 3.63) is 0 Å². The lowest BCUT2D eigenvalue weighted by molar-refractivity contribution is 0.219. The van der Waals surface area contributed by atoms with Crippen LogP contribution in [0.15, 0.2) is 0 Å². The third kappa shape index (κ3) is 4.24. The van der Waals surface area contributed by atoms with Gasteiger partial charge in [0, 0.05) is 25.0 Å². The van der Waals surface area contributed by atoms with E-state index in [2.05, 4.69) is 35.9 Å². The van der Waals surface area contributed by atoms with E-state index in [0.717, 1.165) is 26.1 Å². The number of nitrogens with zero attached hydrogens (tertiary/aromatic N) is 1. The van der Waals surface area contributed by atoms with Crippen LogP contribution >= 0.6 is 0 Å². The first-order chi connectivity index (χ1) is 7.20. The van der Waals surface area contributed by atoms with Gasteiger partial charge in [0.2, 0.25) is 0 Å². The molecule has 1 rings (SSSR count). The summed E-state index contributed by atoms with van der Waals surface area (Å²) in [6.45, 7) is 11.2. The van der Waals surface area contributed by atoms with Gasteiger partial charge in [-0.1, -0.05) is 6.92 Å². The number of rotatable bonds is 3. The lowest BCUT2D eigenvalue weighted by Crippen LogP contribution is -2.48. The minimum atomic E-state index is 0.302. The predicted octanol–water partition coefficient (Wildman–Crippen LogP) is 1.86. The maximum Gasteiger partial charge on any atom is 0.0277 e. The second-order valence-electron chi connectivity index (χ2n) is 4.65. The second-order valence-corrected chi connectivity index (χ2v) is 4.65. The summed E-state index contributed by atoms with van der Waals surface area (Å²) in [4.78, 5) is 2.55. The van der Waals surface area contributed by atoms with Crippen molar-refractivity contribution in [3.8, 4) is 11.8 Å². The molecular formula is C13H24N2. The average molecular weight is 208 g/mol. The molecule has 0 amide bonds. The molecule has 2 nitrogen and oxygen atoms in total. The van der Waals surface area contributed by atoms with E-state index in [4.69, 9.17) is 0 Å². The molecule has 0 saturated carbocycles. The van der Waals surface area contributed by atoms with Gasteiger partial charge in [-0.2, -0.15) is 0 Å². The van der Waals surface area contributed by atoms with Crippen LogP contribution in [0.5, 0.6) is 0 Å². The summed E-state index contributed by atoms with van der Waals surface area (Å²) in [5, 5.41) is 3.65. The van der Waals surface area contributed by atoms with Crippen molar-refractivity contribution in [1.82, 2.24) is 10.2 Å². The third-order valence-electron chi connectivity index (χ3n) is 3.29. The molecule has 0 aromatic carbocycles. The van der Waals surface area contributed by atoms with Crippen molar-refractivity contribution in [3.63, 3.8) is 0 Å². The fraction of sp³-hybridized carbons (Fsp3) is 0.846. The van der Waals surface area contributed by atoms with Crippen molar-refractivity contribution in [1.29, 1.82) is 0 Å². The molecule has 1 N–H and O–H groups in total. The van der Waals surface area contributed by atoms with E-state index in [9.17, 15) is 0 Å². The van der Waals surface area contributed by atoms with Gasteiger partial charge in [0.1, 0.15) is 0 Å². The van der Waals surface area contributed by atoms with Gasteiger partial charge >= 0.3 is 0 Å². The Kier molecular flexibility index (Phi) is 5.14. The Hall–Kier alpha value is -0.520. The lowest BCUT2D eigenvalue weighted by atomic mass is 9.98. The zero-order chi connectivity index (χ0) is 11.1. The number of hydrogen-bond acceptors (Lipinski definition) is 2. The van der Waals surface area contributed by atoms with Crippen LogP contribution in [0.1, 0.15) is 40.0 Å². The third-order valence-corrected chi connectivity index (χ3v) is 3.29. The van der Waals surface area contributed by atoms with E-state index in [-0.39, 0.29) is 0 Å². The van der Waals surface area contributed by atoms with E-state index in [0.29, 0.717) is 5.54 Å². The molecule has 1 saturated heterocycles. The zero-order valence-electron chi connectivity index (χ0n) is 10.4. The molecule has 2 heteroatoms. The fourth-order valence-electron chi connectivity index (χ4n) is 2.09. The van der Waals surface area contributed by atoms with E-state index in [1.807, 2.05) is 6.92 Å². The Balaban J connectivity index is 2.44. The summed E-state index contributed by atoms with van der Waals surface area (Å²) in [5.74, 6) is 6.11. The molecule has 1 atom stereocenters. The van der Waals surface area contributed by atoms with Gasteiger partial charge in [0.25, 0.3) is 0 Å². The van der Waals surface area contributed by atoms with Crippen molar-refractivity contribution >= 4 is 0 Å². The maximum atomic E-state index is 3.65. The quantitative estimate of drug-likeness (QED) is 0.712. The summed E-state index contributed by atoms with van der Waals surface area (Å²) in [7, 11) is 0. The standard InChI is InChI=1S/C13H24N2/c1-4-6-7-10-15-11-8-9-14-13(3,5-2)12-15/h14H,5,7-12H2,1-3H3. The van der Waals surface area contributed by atoms with Gasteiger partial charge in [-0.3, -0.25) is 0 Å². The summed E-state index contributed by atoms with van der Waals surface area (Å²) in [6.07, 6.45) is 3.47. The minimum Gasteiger partial charge on any atom is -0.310 e. The summed E-state index contributed by atoms with van der Waals surface area (Å²) in [5.41, 5.74) is 0.302. The van der Waals surface area contributed by atoms with Gasteiger partial charge < -0.3 is 10.2 Å². The first kappa shape index (κ1) is 12.5. The Morgan fingerprint density at radius 3 is 2.93 bits per heavy atom. The van der Waals surface area contributed by atoms with Gasteiger partial charge in [-0.15, -0.1) is 11.8 Å². The van der Waals surface area contributed by atoms with Crippen LogP contribution in [0.4, 0.5) is 0 Å². The van der Waals surface area contributed by atoms with Crippen molar-refractivity contribution < 1.29 is 0 Å². The highest BCUT2D eigenvalue weighted by atomic mass is 15.2. The Morgan fingerprint density at radius 1 is 1.47 bits per heavy atom. The van der Waals surface area contributed by atoms with E-state index in [1.165, 1.54) is 19.4 Å². The number of nitrogens with one attached hydrogen (secondary N) is 1. The lowest BCUT2D eigenvalue weighted by Gasteiger charge is -2.32. The smallest absolute Gasteiger partial charge is 0.0277 e. The monoisotopic (exact) mass is 208 g/mol. The highest BCUT2D eigenvalue weighted by Gasteiger charge is 2.26. The van der Waals surface area contributed by atoms with Gasteiger partial charge in [0.15, 0.2) is 0 Å². The average Bonchev–Trinajstić information content (AvgIpc) is 2.42. The van der Waals surface area contributed by atoms with Crippen molar-refractivity contribution in [2.45, 2.75) is 45.6 Å². The predicted molar refractivity (Wildman–Crippen MR) is 65.8 cm³/mol. The van der Waals surface area contributed by atoms with Crippen LogP contribution < -0.4 is 5.32 Å². The maximum absolute atomic E-state index is 3.65. The summed E-state index contributed by atoms with van der Waals surface area (Å²) in [6, 6.07) is 0. The molecule has 0 aliphatic carbocycles. The summed E-state index contributed by atoms with van der Waals surface area (Å²) < 4.78 is 0. The van der Waals surface area contributed by atoms with E-state index in [1.54, 1.807) is 0 Å². The topological polar surface area (TPSA) is 15.3 Å². The first-order valence-electron chi connectivity index (χ1n) is 6.07. The molecule has 0 spiro atoms. The van der Waals surface area contributed by atoms with Crippen LogP contribution in [0.3, 0.4) is 0 Å². The van der Waals surface area contributed by atoms with Crippen LogP contribution in [-0.2, 0) is 0 Å². The molecule has 1 fully saturated rings. The van der Waals surface area contributed by atoms with Crippen LogP contribution in [0.25, 0.3) is 0 Å². The second kappa shape index (κ2) is 6.15. The van der Waals surface area contributed by atoms with Crippen molar-refractivity contribution in [2.75, 3.05) is 26.2 Å². The van der Waals surface area contributed by atoms with E-state index < -0.39 is 0 Å². The van der Waals surface area contributed by atoms with Crippen LogP contribution in [0.2, 0.25) is 0 Å². The highest BCUT2D eigenvalue weighted by Crippen LogP contribution is 2.14. The Morgan fingerprint density at radius 2 is 2.27 bits per heavy atom. The Bertz CT molecular complexity index is 239. The molecule has 1 unspecified atom stereocenters. The Labute approximate surface area is 94.4 Å². The molecule has 86 valence electrons.